The predicted molar refractivity (Wildman–Crippen MR) is 64.2 cm³/mol. The van der Waals surface area contributed by atoms with E-state index in [0.717, 1.165) is 24.8 Å². The minimum atomic E-state index is -0.565. The largest absolute Gasteiger partial charge is 0.493 e. The van der Waals surface area contributed by atoms with Gasteiger partial charge in [-0.1, -0.05) is 0 Å². The van der Waals surface area contributed by atoms with Gasteiger partial charge in [0.25, 0.3) is 0 Å². The second-order valence-corrected chi connectivity index (χ2v) is 4.66. The van der Waals surface area contributed by atoms with Gasteiger partial charge in [0.2, 0.25) is 0 Å². The molecule has 1 fully saturated rings. The zero-order valence-corrected chi connectivity index (χ0v) is 10.3. The molecule has 1 aromatic carbocycles. The van der Waals surface area contributed by atoms with Gasteiger partial charge in [-0.3, -0.25) is 0 Å². The minimum absolute atomic E-state index is 0.0901. The molecule has 1 saturated carbocycles. The number of methoxy groups -OCH3 is 2. The van der Waals surface area contributed by atoms with Gasteiger partial charge in [0, 0.05) is 11.1 Å². The average molecular weight is 239 g/mol. The van der Waals surface area contributed by atoms with E-state index in [-0.39, 0.29) is 5.54 Å². The lowest BCUT2D eigenvalue weighted by molar-refractivity contribution is 0.344. The molecule has 94 valence electrons. The molecule has 0 saturated heterocycles. The highest BCUT2D eigenvalue weighted by molar-refractivity contribution is 5.49. The molecule has 0 aliphatic heterocycles. The molecule has 0 heterocycles. The van der Waals surface area contributed by atoms with Crippen molar-refractivity contribution in [2.24, 2.45) is 5.73 Å². The van der Waals surface area contributed by atoms with Gasteiger partial charge in [-0.2, -0.15) is 0 Å². The first kappa shape index (κ1) is 12.2. The fraction of sp³-hybridized carbons (Fsp3) is 0.538. The zero-order chi connectivity index (χ0) is 12.5. The second-order valence-electron chi connectivity index (χ2n) is 4.66. The van der Waals surface area contributed by atoms with Crippen molar-refractivity contribution in [2.75, 3.05) is 14.2 Å². The maximum atomic E-state index is 13.0. The summed E-state index contributed by atoms with van der Waals surface area (Å²) in [4.78, 5) is 0. The van der Waals surface area contributed by atoms with Gasteiger partial charge in [0.05, 0.1) is 14.2 Å². The van der Waals surface area contributed by atoms with Gasteiger partial charge in [-0.25, -0.2) is 4.39 Å². The molecule has 0 radical (unpaired) electrons. The standard InChI is InChI=1S/C13H18FNO2/c1-16-11-6-9(7-13(15)3-4-13)5-10(8-14)12(11)17-2/h5-6H,3-4,7-8,15H2,1-2H3. The molecule has 4 heteroatoms. The Bertz CT molecular complexity index is 391. The first-order chi connectivity index (χ1) is 8.11. The van der Waals surface area contributed by atoms with Gasteiger partial charge in [-0.05, 0) is 37.0 Å². The topological polar surface area (TPSA) is 44.5 Å². The average Bonchev–Trinajstić information content (AvgIpc) is 3.05. The number of alkyl halides is 1. The van der Waals surface area contributed by atoms with Gasteiger partial charge >= 0.3 is 0 Å². The Hall–Kier alpha value is -1.29. The van der Waals surface area contributed by atoms with E-state index in [1.165, 1.54) is 7.11 Å². The highest BCUT2D eigenvalue weighted by Crippen LogP contribution is 2.39. The maximum absolute atomic E-state index is 13.0. The van der Waals surface area contributed by atoms with E-state index in [1.807, 2.05) is 12.1 Å². The third-order valence-corrected chi connectivity index (χ3v) is 3.21. The summed E-state index contributed by atoms with van der Waals surface area (Å²) in [6.07, 6.45) is 2.83. The van der Waals surface area contributed by atoms with Crippen molar-refractivity contribution >= 4 is 0 Å². The van der Waals surface area contributed by atoms with Gasteiger partial charge < -0.3 is 15.2 Å². The molecular weight excluding hydrogens is 221 g/mol. The van der Waals surface area contributed by atoms with E-state index in [2.05, 4.69) is 0 Å². The maximum Gasteiger partial charge on any atom is 0.166 e. The van der Waals surface area contributed by atoms with Crippen LogP contribution in [0.1, 0.15) is 24.0 Å². The molecule has 0 aromatic heterocycles. The van der Waals surface area contributed by atoms with Crippen molar-refractivity contribution in [1.29, 1.82) is 0 Å². The molecule has 0 bridgehead atoms. The molecule has 0 spiro atoms. The Kier molecular flexibility index (Phi) is 3.24. The molecule has 0 unspecified atom stereocenters. The van der Waals surface area contributed by atoms with E-state index in [9.17, 15) is 4.39 Å². The van der Waals surface area contributed by atoms with Gasteiger partial charge in [-0.15, -0.1) is 0 Å². The molecule has 17 heavy (non-hydrogen) atoms. The van der Waals surface area contributed by atoms with E-state index >= 15 is 0 Å². The number of hydrogen-bond donors (Lipinski definition) is 1. The normalized spacial score (nSPS) is 16.7. The van der Waals surface area contributed by atoms with Crippen LogP contribution in [0.15, 0.2) is 12.1 Å². The van der Waals surface area contributed by atoms with Crippen LogP contribution in [-0.2, 0) is 13.1 Å². The summed E-state index contributed by atoms with van der Waals surface area (Å²) >= 11 is 0. The molecule has 3 nitrogen and oxygen atoms in total. The molecule has 1 aliphatic carbocycles. The summed E-state index contributed by atoms with van der Waals surface area (Å²) in [6.45, 7) is -0.565. The Morgan fingerprint density at radius 3 is 2.47 bits per heavy atom. The van der Waals surface area contributed by atoms with Gasteiger partial charge in [0.15, 0.2) is 11.5 Å². The van der Waals surface area contributed by atoms with E-state index in [4.69, 9.17) is 15.2 Å². The summed E-state index contributed by atoms with van der Waals surface area (Å²) in [6, 6.07) is 3.69. The van der Waals surface area contributed by atoms with Crippen molar-refractivity contribution in [3.63, 3.8) is 0 Å². The first-order valence-electron chi connectivity index (χ1n) is 5.70. The zero-order valence-electron chi connectivity index (χ0n) is 10.3. The quantitative estimate of drug-likeness (QED) is 0.856. The summed E-state index contributed by atoms with van der Waals surface area (Å²) in [5.41, 5.74) is 7.51. The van der Waals surface area contributed by atoms with Crippen LogP contribution in [0.2, 0.25) is 0 Å². The van der Waals surface area contributed by atoms with Crippen LogP contribution in [0.5, 0.6) is 11.5 Å². The fourth-order valence-corrected chi connectivity index (χ4v) is 2.05. The van der Waals surface area contributed by atoms with Crippen molar-refractivity contribution in [3.05, 3.63) is 23.3 Å². The molecule has 0 atom stereocenters. The van der Waals surface area contributed by atoms with Crippen LogP contribution in [0.25, 0.3) is 0 Å². The molecule has 2 rings (SSSR count). The monoisotopic (exact) mass is 239 g/mol. The van der Waals surface area contributed by atoms with E-state index < -0.39 is 6.67 Å². The summed E-state index contributed by atoms with van der Waals surface area (Å²) in [7, 11) is 3.07. The summed E-state index contributed by atoms with van der Waals surface area (Å²) in [5, 5.41) is 0. The lowest BCUT2D eigenvalue weighted by Crippen LogP contribution is -2.24. The lowest BCUT2D eigenvalue weighted by Gasteiger charge is -2.15. The van der Waals surface area contributed by atoms with Crippen molar-refractivity contribution in [1.82, 2.24) is 0 Å². The predicted octanol–water partition coefficient (Wildman–Crippen LogP) is 2.21. The number of benzene rings is 1. The van der Waals surface area contributed by atoms with Crippen LogP contribution in [0.3, 0.4) is 0 Å². The summed E-state index contributed by atoms with van der Waals surface area (Å²) < 4.78 is 23.3. The van der Waals surface area contributed by atoms with Crippen LogP contribution in [-0.4, -0.2) is 19.8 Å². The molecular formula is C13H18FNO2. The SMILES string of the molecule is COc1cc(CC2(N)CC2)cc(CF)c1OC. The van der Waals surface area contributed by atoms with Crippen molar-refractivity contribution in [3.8, 4) is 11.5 Å². The highest BCUT2D eigenvalue weighted by Gasteiger charge is 2.38. The number of nitrogens with two attached hydrogens (primary N) is 1. The van der Waals surface area contributed by atoms with E-state index in [1.54, 1.807) is 7.11 Å². The van der Waals surface area contributed by atoms with Crippen molar-refractivity contribution in [2.45, 2.75) is 31.5 Å². The van der Waals surface area contributed by atoms with Crippen LogP contribution in [0.4, 0.5) is 4.39 Å². The smallest absolute Gasteiger partial charge is 0.166 e. The third kappa shape index (κ3) is 2.52. The first-order valence-corrected chi connectivity index (χ1v) is 5.70. The number of hydrogen-bond acceptors (Lipinski definition) is 3. The Labute approximate surface area is 101 Å². The lowest BCUT2D eigenvalue weighted by atomic mass is 10.0. The van der Waals surface area contributed by atoms with Crippen LogP contribution >= 0.6 is 0 Å². The van der Waals surface area contributed by atoms with E-state index in [0.29, 0.717) is 17.1 Å². The van der Waals surface area contributed by atoms with Crippen molar-refractivity contribution < 1.29 is 13.9 Å². The molecule has 1 aromatic rings. The number of ether oxygens (including phenoxy) is 2. The second kappa shape index (κ2) is 4.53. The Morgan fingerprint density at radius 2 is 2.00 bits per heavy atom. The molecule has 0 amide bonds. The minimum Gasteiger partial charge on any atom is -0.493 e. The fourth-order valence-electron chi connectivity index (χ4n) is 2.05. The van der Waals surface area contributed by atoms with Crippen LogP contribution < -0.4 is 15.2 Å². The molecule has 1 aliphatic rings. The highest BCUT2D eigenvalue weighted by atomic mass is 19.1. The Morgan fingerprint density at radius 1 is 1.29 bits per heavy atom. The number of rotatable bonds is 5. The molecule has 2 N–H and O–H groups in total. The van der Waals surface area contributed by atoms with Gasteiger partial charge in [0.1, 0.15) is 6.67 Å². The Balaban J connectivity index is 2.33. The third-order valence-electron chi connectivity index (χ3n) is 3.21. The summed E-state index contributed by atoms with van der Waals surface area (Å²) in [5.74, 6) is 1.04. The number of halogens is 1. The van der Waals surface area contributed by atoms with Crippen LogP contribution in [0, 0.1) is 0 Å².